The van der Waals surface area contributed by atoms with Crippen molar-refractivity contribution in [3.05, 3.63) is 90.3 Å². The lowest BCUT2D eigenvalue weighted by atomic mass is 10.1. The molecule has 1 aliphatic heterocycles. The highest BCUT2D eigenvalue weighted by molar-refractivity contribution is 5.85. The van der Waals surface area contributed by atoms with Gasteiger partial charge in [0.25, 0.3) is 0 Å². The number of benzene rings is 2. The average molecular weight is 272 g/mol. The van der Waals surface area contributed by atoms with Crippen molar-refractivity contribution in [1.29, 1.82) is 0 Å². The third-order valence-corrected chi connectivity index (χ3v) is 3.83. The van der Waals surface area contributed by atoms with E-state index in [1.807, 2.05) is 0 Å². The molecule has 21 heavy (non-hydrogen) atoms. The highest BCUT2D eigenvalue weighted by atomic mass is 15.2. The van der Waals surface area contributed by atoms with Gasteiger partial charge in [0.15, 0.2) is 0 Å². The van der Waals surface area contributed by atoms with Gasteiger partial charge >= 0.3 is 0 Å². The Bertz CT molecular complexity index is 754. The number of rotatable bonds is 1. The third-order valence-electron chi connectivity index (χ3n) is 3.83. The smallest absolute Gasteiger partial charge is 0.0694 e. The molecular weight excluding hydrogens is 256 g/mol. The summed E-state index contributed by atoms with van der Waals surface area (Å²) in [6, 6.07) is 19.0. The second kappa shape index (κ2) is 4.98. The Morgan fingerprint density at radius 2 is 1.67 bits per heavy atom. The van der Waals surface area contributed by atoms with Crippen molar-refractivity contribution in [2.24, 2.45) is 0 Å². The van der Waals surface area contributed by atoms with E-state index >= 15 is 0 Å². The number of hydrogen-bond donors (Lipinski definition) is 1. The number of allylic oxidation sites excluding steroid dienone is 4. The van der Waals surface area contributed by atoms with Crippen LogP contribution < -0.4 is 10.2 Å². The molecule has 2 aromatic carbocycles. The van der Waals surface area contributed by atoms with E-state index in [0.717, 1.165) is 12.1 Å². The van der Waals surface area contributed by atoms with Gasteiger partial charge in [-0.15, -0.1) is 0 Å². The van der Waals surface area contributed by atoms with E-state index < -0.39 is 0 Å². The van der Waals surface area contributed by atoms with Crippen LogP contribution in [0, 0.1) is 0 Å². The van der Waals surface area contributed by atoms with Gasteiger partial charge in [0, 0.05) is 12.1 Å². The van der Waals surface area contributed by atoms with E-state index in [1.165, 1.54) is 22.8 Å². The lowest BCUT2D eigenvalue weighted by Crippen LogP contribution is -2.25. The van der Waals surface area contributed by atoms with E-state index in [4.69, 9.17) is 0 Å². The summed E-state index contributed by atoms with van der Waals surface area (Å²) in [4.78, 5) is 2.35. The molecule has 2 heteroatoms. The summed E-state index contributed by atoms with van der Waals surface area (Å²) < 4.78 is 0. The first-order chi connectivity index (χ1) is 10.4. The van der Waals surface area contributed by atoms with Gasteiger partial charge in [0.05, 0.1) is 22.8 Å². The molecule has 0 amide bonds. The topological polar surface area (TPSA) is 15.3 Å². The maximum atomic E-state index is 3.55. The Balaban J connectivity index is 1.93. The van der Waals surface area contributed by atoms with Gasteiger partial charge in [-0.25, -0.2) is 0 Å². The van der Waals surface area contributed by atoms with Crippen molar-refractivity contribution in [2.45, 2.75) is 6.42 Å². The molecule has 0 radical (unpaired) electrons. The average Bonchev–Trinajstić information content (AvgIpc) is 2.78. The highest BCUT2D eigenvalue weighted by Crippen LogP contribution is 2.42. The van der Waals surface area contributed by atoms with E-state index in [2.05, 4.69) is 89.1 Å². The lowest BCUT2D eigenvalue weighted by Gasteiger charge is -2.35. The van der Waals surface area contributed by atoms with Crippen LogP contribution in [0.4, 0.5) is 17.1 Å². The number of fused-ring (bicyclic) bond motifs is 1. The summed E-state index contributed by atoms with van der Waals surface area (Å²) in [5.41, 5.74) is 5.99. The molecule has 0 saturated carbocycles. The second-order valence-corrected chi connectivity index (χ2v) is 5.16. The van der Waals surface area contributed by atoms with E-state index in [9.17, 15) is 0 Å². The molecule has 102 valence electrons. The highest BCUT2D eigenvalue weighted by Gasteiger charge is 2.24. The molecule has 2 aromatic rings. The maximum Gasteiger partial charge on any atom is 0.0694 e. The van der Waals surface area contributed by atoms with Crippen LogP contribution in [-0.4, -0.2) is 0 Å². The zero-order chi connectivity index (χ0) is 14.1. The minimum Gasteiger partial charge on any atom is -0.352 e. The molecule has 0 bridgehead atoms. The zero-order valence-electron chi connectivity index (χ0n) is 11.7. The van der Waals surface area contributed by atoms with Crippen molar-refractivity contribution >= 4 is 17.1 Å². The fourth-order valence-electron chi connectivity index (χ4n) is 2.88. The number of hydrogen-bond acceptors (Lipinski definition) is 2. The molecule has 1 heterocycles. The minimum atomic E-state index is 0.915. The van der Waals surface area contributed by atoms with Crippen LogP contribution in [0.5, 0.6) is 0 Å². The molecule has 2 nitrogen and oxygen atoms in total. The molecule has 0 aromatic heterocycles. The Labute approximate surface area is 124 Å². The second-order valence-electron chi connectivity index (χ2n) is 5.16. The van der Waals surface area contributed by atoms with Crippen LogP contribution in [0.1, 0.15) is 6.42 Å². The van der Waals surface area contributed by atoms with Crippen molar-refractivity contribution < 1.29 is 0 Å². The molecule has 2 aliphatic rings. The normalized spacial score (nSPS) is 16.1. The van der Waals surface area contributed by atoms with Crippen molar-refractivity contribution in [3.8, 4) is 0 Å². The summed E-state index contributed by atoms with van der Waals surface area (Å²) in [5, 5.41) is 3.55. The Morgan fingerprint density at radius 1 is 0.857 bits per heavy atom. The summed E-state index contributed by atoms with van der Waals surface area (Å²) in [7, 11) is 0. The van der Waals surface area contributed by atoms with E-state index in [-0.39, 0.29) is 0 Å². The van der Waals surface area contributed by atoms with Gasteiger partial charge in [-0.05, 0) is 30.3 Å². The van der Waals surface area contributed by atoms with Crippen molar-refractivity contribution in [2.75, 3.05) is 10.2 Å². The van der Waals surface area contributed by atoms with Gasteiger partial charge in [-0.1, -0.05) is 48.6 Å². The fraction of sp³-hybridized carbons (Fsp3) is 0.0526. The fourth-order valence-corrected chi connectivity index (χ4v) is 2.88. The number of nitrogens with one attached hydrogen (secondary N) is 1. The predicted octanol–water partition coefficient (Wildman–Crippen LogP) is 4.98. The molecule has 0 spiro atoms. The standard InChI is InChI=1S/C19H16N2/c1-3-9-15(10-4-1)21-18-13-6-2-5-11-16(18)20-17-12-7-8-14-19(17)21/h1-12,14,20H,13H2. The van der Waals surface area contributed by atoms with Crippen LogP contribution in [0.2, 0.25) is 0 Å². The number of nitrogens with zero attached hydrogens (tertiary/aromatic N) is 1. The monoisotopic (exact) mass is 272 g/mol. The zero-order valence-corrected chi connectivity index (χ0v) is 11.7. The van der Waals surface area contributed by atoms with Crippen LogP contribution in [0.25, 0.3) is 0 Å². The largest absolute Gasteiger partial charge is 0.352 e. The first-order valence-electron chi connectivity index (χ1n) is 7.21. The van der Waals surface area contributed by atoms with Crippen LogP contribution in [0.15, 0.2) is 90.3 Å². The summed E-state index contributed by atoms with van der Waals surface area (Å²) in [6.45, 7) is 0. The Morgan fingerprint density at radius 3 is 2.57 bits per heavy atom. The molecule has 0 saturated heterocycles. The minimum absolute atomic E-state index is 0.915. The van der Waals surface area contributed by atoms with Gasteiger partial charge in [-0.2, -0.15) is 0 Å². The molecule has 0 unspecified atom stereocenters. The van der Waals surface area contributed by atoms with Gasteiger partial charge in [0.1, 0.15) is 0 Å². The third kappa shape index (κ3) is 2.05. The Kier molecular flexibility index (Phi) is 2.86. The van der Waals surface area contributed by atoms with Crippen LogP contribution in [-0.2, 0) is 0 Å². The summed E-state index contributed by atoms with van der Waals surface area (Å²) in [6.07, 6.45) is 9.45. The van der Waals surface area contributed by atoms with Crippen molar-refractivity contribution in [3.63, 3.8) is 0 Å². The quantitative estimate of drug-likeness (QED) is 0.787. The lowest BCUT2D eigenvalue weighted by molar-refractivity contribution is 1.03. The SMILES string of the molecule is C1=CCC2=C(C=C1)Nc1ccccc1N2c1ccccc1. The first kappa shape index (κ1) is 12.0. The number of para-hydroxylation sites is 3. The first-order valence-corrected chi connectivity index (χ1v) is 7.21. The van der Waals surface area contributed by atoms with Crippen molar-refractivity contribution in [1.82, 2.24) is 0 Å². The predicted molar refractivity (Wildman–Crippen MR) is 88.6 cm³/mol. The van der Waals surface area contributed by atoms with E-state index in [0.29, 0.717) is 0 Å². The molecular formula is C19H16N2. The van der Waals surface area contributed by atoms with Gasteiger partial charge < -0.3 is 10.2 Å². The summed E-state index contributed by atoms with van der Waals surface area (Å²) in [5.74, 6) is 0. The molecule has 4 rings (SSSR count). The maximum absolute atomic E-state index is 3.55. The summed E-state index contributed by atoms with van der Waals surface area (Å²) >= 11 is 0. The molecule has 1 aliphatic carbocycles. The van der Waals surface area contributed by atoms with Crippen LogP contribution >= 0.6 is 0 Å². The van der Waals surface area contributed by atoms with Crippen LogP contribution in [0.3, 0.4) is 0 Å². The molecule has 1 N–H and O–H groups in total. The van der Waals surface area contributed by atoms with Gasteiger partial charge in [-0.3, -0.25) is 0 Å². The van der Waals surface area contributed by atoms with Gasteiger partial charge in [0.2, 0.25) is 0 Å². The molecule has 0 fully saturated rings. The Hall–Kier alpha value is -2.74. The van der Waals surface area contributed by atoms with E-state index in [1.54, 1.807) is 0 Å². The molecule has 0 atom stereocenters. The number of anilines is 3.